The van der Waals surface area contributed by atoms with Gasteiger partial charge in [-0.25, -0.2) is 4.99 Å². The number of nitrogens with zero attached hydrogens (tertiary/aromatic N) is 2. The van der Waals surface area contributed by atoms with E-state index >= 15 is 0 Å². The van der Waals surface area contributed by atoms with Gasteiger partial charge in [0.2, 0.25) is 0 Å². The van der Waals surface area contributed by atoms with Gasteiger partial charge in [-0.3, -0.25) is 4.79 Å². The molecule has 3 aromatic rings. The predicted molar refractivity (Wildman–Crippen MR) is 97.2 cm³/mol. The molecule has 0 amide bonds. The highest BCUT2D eigenvalue weighted by Gasteiger charge is 2.06. The van der Waals surface area contributed by atoms with Crippen LogP contribution in [0, 0.1) is 0 Å². The van der Waals surface area contributed by atoms with E-state index in [1.165, 1.54) is 0 Å². The number of aromatic nitrogens is 1. The second kappa shape index (κ2) is 8.25. The molecule has 0 saturated heterocycles. The van der Waals surface area contributed by atoms with Gasteiger partial charge in [-0.15, -0.1) is 17.0 Å². The number of para-hydroxylation sites is 1. The topological polar surface area (TPSA) is 34.4 Å². The average molecular weight is 369 g/mol. The molecule has 1 heterocycles. The third kappa shape index (κ3) is 4.50. The van der Waals surface area contributed by atoms with Gasteiger partial charge in [0.25, 0.3) is 0 Å². The first kappa shape index (κ1) is 16.9. The Kier molecular flexibility index (Phi) is 6.06. The van der Waals surface area contributed by atoms with Crippen LogP contribution in [0.4, 0.5) is 5.69 Å². The number of carbonyl (C=O) groups is 1. The Balaban J connectivity index is 0.00000192. The number of rotatable bonds is 4. The van der Waals surface area contributed by atoms with Crippen LogP contribution in [0.5, 0.6) is 0 Å². The smallest absolute Gasteiger partial charge is 0.182 e. The molecule has 3 rings (SSSR count). The van der Waals surface area contributed by atoms with Gasteiger partial charge < -0.3 is 4.57 Å². The van der Waals surface area contributed by atoms with Crippen molar-refractivity contribution in [1.82, 2.24) is 4.57 Å². The molecule has 0 radical (unpaired) electrons. The monoisotopic (exact) mass is 368 g/mol. The molecule has 0 fully saturated rings. The van der Waals surface area contributed by atoms with Crippen LogP contribution in [0.2, 0.25) is 0 Å². The normalized spacial score (nSPS) is 10.9. The van der Waals surface area contributed by atoms with Crippen molar-refractivity contribution in [2.75, 3.05) is 0 Å². The Labute approximate surface area is 145 Å². The molecule has 0 N–H and O–H groups in total. The van der Waals surface area contributed by atoms with Crippen molar-refractivity contribution in [2.45, 2.75) is 6.54 Å². The number of benzene rings is 2. The van der Waals surface area contributed by atoms with Crippen molar-refractivity contribution in [3.8, 4) is 0 Å². The molecule has 0 aliphatic carbocycles. The summed E-state index contributed by atoms with van der Waals surface area (Å²) in [5.41, 5.74) is 2.34. The van der Waals surface area contributed by atoms with Gasteiger partial charge in [-0.1, -0.05) is 54.6 Å². The van der Waals surface area contributed by atoms with Crippen molar-refractivity contribution in [3.05, 3.63) is 96.1 Å². The maximum absolute atomic E-state index is 12.4. The lowest BCUT2D eigenvalue weighted by Crippen LogP contribution is -2.23. The van der Waals surface area contributed by atoms with Crippen LogP contribution >= 0.6 is 17.0 Å². The Morgan fingerprint density at radius 2 is 1.43 bits per heavy atom. The quantitative estimate of drug-likeness (QED) is 0.636. The second-order valence-electron chi connectivity index (χ2n) is 4.92. The number of carbonyl (C=O) groups excluding carboxylic acids is 1. The summed E-state index contributed by atoms with van der Waals surface area (Å²) in [5.74, 6) is 0.0707. The van der Waals surface area contributed by atoms with Gasteiger partial charge in [0, 0.05) is 11.8 Å². The van der Waals surface area contributed by atoms with Gasteiger partial charge in [0.05, 0.1) is 12.2 Å². The largest absolute Gasteiger partial charge is 0.325 e. The number of hydrogen-bond donors (Lipinski definition) is 0. The number of pyridine rings is 1. The van der Waals surface area contributed by atoms with E-state index < -0.39 is 0 Å². The van der Waals surface area contributed by atoms with Crippen molar-refractivity contribution < 1.29 is 4.79 Å². The van der Waals surface area contributed by atoms with E-state index in [4.69, 9.17) is 0 Å². The number of ketones is 1. The predicted octanol–water partition coefficient (Wildman–Crippen LogP) is 4.18. The van der Waals surface area contributed by atoms with E-state index in [2.05, 4.69) is 4.99 Å². The van der Waals surface area contributed by atoms with E-state index in [0.717, 1.165) is 11.2 Å². The van der Waals surface area contributed by atoms with Gasteiger partial charge in [-0.2, -0.15) is 0 Å². The van der Waals surface area contributed by atoms with Crippen molar-refractivity contribution >= 4 is 28.5 Å². The van der Waals surface area contributed by atoms with Crippen molar-refractivity contribution in [1.29, 1.82) is 0 Å². The Morgan fingerprint density at radius 3 is 2.13 bits per heavy atom. The Bertz CT molecular complexity index is 827. The second-order valence-corrected chi connectivity index (χ2v) is 4.92. The average Bonchev–Trinajstić information content (AvgIpc) is 2.58. The third-order valence-corrected chi connectivity index (χ3v) is 3.33. The molecule has 1 aromatic heterocycles. The summed E-state index contributed by atoms with van der Waals surface area (Å²) in [6.45, 7) is 0.274. The van der Waals surface area contributed by atoms with E-state index in [0.29, 0.717) is 5.56 Å². The van der Waals surface area contributed by atoms with Crippen LogP contribution in [-0.4, -0.2) is 10.4 Å². The molecule has 0 aliphatic heterocycles. The molecule has 0 spiro atoms. The highest BCUT2D eigenvalue weighted by atomic mass is 79.9. The molecule has 116 valence electrons. The highest BCUT2D eigenvalue weighted by molar-refractivity contribution is 8.93. The maximum atomic E-state index is 12.4. The number of Topliss-reactive ketones (excluding diaryl/α,β-unsaturated/α-hetero) is 1. The van der Waals surface area contributed by atoms with E-state index in [9.17, 15) is 4.79 Å². The third-order valence-electron chi connectivity index (χ3n) is 3.33. The van der Waals surface area contributed by atoms with E-state index in [-0.39, 0.29) is 29.3 Å². The van der Waals surface area contributed by atoms with Crippen LogP contribution in [0.15, 0.2) is 90.1 Å². The molecule has 23 heavy (non-hydrogen) atoms. The van der Waals surface area contributed by atoms with Crippen molar-refractivity contribution in [2.24, 2.45) is 4.99 Å². The Morgan fingerprint density at radius 1 is 0.826 bits per heavy atom. The van der Waals surface area contributed by atoms with Crippen LogP contribution in [0.25, 0.3) is 0 Å². The van der Waals surface area contributed by atoms with Gasteiger partial charge in [-0.05, 0) is 24.3 Å². The molecular formula is C19H17BrN2O. The molecule has 2 aromatic carbocycles. The zero-order valence-electron chi connectivity index (χ0n) is 12.5. The minimum Gasteiger partial charge on any atom is -0.325 e. The summed E-state index contributed by atoms with van der Waals surface area (Å²) < 4.78 is 1.86. The molecule has 0 atom stereocenters. The molecular weight excluding hydrogens is 352 g/mol. The van der Waals surface area contributed by atoms with Gasteiger partial charge in [0.15, 0.2) is 5.78 Å². The minimum absolute atomic E-state index is 0. The van der Waals surface area contributed by atoms with Gasteiger partial charge in [0.1, 0.15) is 5.49 Å². The molecule has 0 unspecified atom stereocenters. The summed E-state index contributed by atoms with van der Waals surface area (Å²) in [7, 11) is 0. The number of halogens is 1. The summed E-state index contributed by atoms with van der Waals surface area (Å²) in [5, 5.41) is 0. The molecule has 0 bridgehead atoms. The minimum atomic E-state index is 0. The SMILES string of the molecule is Br.O=C(Cn1ccccc1=Nc1ccccc1)c1ccccc1. The fourth-order valence-corrected chi connectivity index (χ4v) is 2.21. The maximum Gasteiger partial charge on any atom is 0.182 e. The fourth-order valence-electron chi connectivity index (χ4n) is 2.21. The molecule has 3 nitrogen and oxygen atoms in total. The van der Waals surface area contributed by atoms with Crippen LogP contribution in [-0.2, 0) is 6.54 Å². The zero-order chi connectivity index (χ0) is 15.2. The van der Waals surface area contributed by atoms with Crippen LogP contribution in [0.1, 0.15) is 10.4 Å². The summed E-state index contributed by atoms with van der Waals surface area (Å²) >= 11 is 0. The lowest BCUT2D eigenvalue weighted by molar-refractivity contribution is 0.0970. The standard InChI is InChI=1S/C19H16N2O.BrH/c22-18(16-9-3-1-4-10-16)15-21-14-8-7-13-19(21)20-17-11-5-2-6-12-17;/h1-14H,15H2;1H. The zero-order valence-corrected chi connectivity index (χ0v) is 14.2. The molecule has 4 heteroatoms. The van der Waals surface area contributed by atoms with Crippen LogP contribution < -0.4 is 5.49 Å². The Hall–Kier alpha value is -2.46. The number of hydrogen-bond acceptors (Lipinski definition) is 2. The summed E-state index contributed by atoms with van der Waals surface area (Å²) in [4.78, 5) is 17.0. The fraction of sp³-hybridized carbons (Fsp3) is 0.0526. The highest BCUT2D eigenvalue weighted by Crippen LogP contribution is 2.08. The lowest BCUT2D eigenvalue weighted by atomic mass is 10.1. The first-order valence-corrected chi connectivity index (χ1v) is 7.16. The van der Waals surface area contributed by atoms with E-state index in [1.807, 2.05) is 89.6 Å². The lowest BCUT2D eigenvalue weighted by Gasteiger charge is -2.07. The summed E-state index contributed by atoms with van der Waals surface area (Å²) in [6, 6.07) is 24.8. The van der Waals surface area contributed by atoms with Crippen molar-refractivity contribution in [3.63, 3.8) is 0 Å². The molecule has 0 saturated carbocycles. The van der Waals surface area contributed by atoms with E-state index in [1.54, 1.807) is 0 Å². The van der Waals surface area contributed by atoms with Crippen LogP contribution in [0.3, 0.4) is 0 Å². The summed E-state index contributed by atoms with van der Waals surface area (Å²) in [6.07, 6.45) is 1.88. The first-order valence-electron chi connectivity index (χ1n) is 7.16. The first-order chi connectivity index (χ1) is 10.8. The molecule has 0 aliphatic rings. The van der Waals surface area contributed by atoms with Gasteiger partial charge >= 0.3 is 0 Å².